The van der Waals surface area contributed by atoms with Crippen LogP contribution in [0, 0.1) is 5.82 Å². The maximum absolute atomic E-state index is 14.4. The van der Waals surface area contributed by atoms with Gasteiger partial charge in [-0.1, -0.05) is 0 Å². The van der Waals surface area contributed by atoms with Gasteiger partial charge in [0.25, 0.3) is 0 Å². The van der Waals surface area contributed by atoms with Crippen LogP contribution in [0.25, 0.3) is 0 Å². The molecule has 3 N–H and O–H groups in total. The molecule has 2 rings (SSSR count). The first-order valence-electron chi connectivity index (χ1n) is 7.87. The lowest BCUT2D eigenvalue weighted by molar-refractivity contribution is -0.0396. The molecule has 1 atom stereocenters. The zero-order chi connectivity index (χ0) is 20.8. The maximum Gasteiger partial charge on any atom is 0.437 e. The van der Waals surface area contributed by atoms with E-state index in [1.165, 1.54) is 14.0 Å². The fourth-order valence-corrected chi connectivity index (χ4v) is 5.03. The lowest BCUT2D eigenvalue weighted by Crippen LogP contribution is -2.61. The van der Waals surface area contributed by atoms with Crippen LogP contribution in [0.1, 0.15) is 43.7 Å². The summed E-state index contributed by atoms with van der Waals surface area (Å²) >= 11 is 0.714. The highest BCUT2D eigenvalue weighted by Gasteiger charge is 2.45. The SMILES string of the molecule is CN1/C(=N/C(=O)OC(C)(C)C)N[C@](C)(c2sc(C(O)O)cc2F)CS1(=O)=O. The highest BCUT2D eigenvalue weighted by atomic mass is 32.2. The number of carbonyl (C=O) groups excluding carboxylic acids is 1. The second-order valence-corrected chi connectivity index (χ2v) is 10.4. The Kier molecular flexibility index (Phi) is 5.59. The van der Waals surface area contributed by atoms with Crippen molar-refractivity contribution in [2.24, 2.45) is 4.99 Å². The molecule has 1 aromatic rings. The topological polar surface area (TPSA) is 129 Å². The monoisotopic (exact) mass is 423 g/mol. The summed E-state index contributed by atoms with van der Waals surface area (Å²) in [6.45, 7) is 6.32. The molecule has 27 heavy (non-hydrogen) atoms. The molecule has 0 unspecified atom stereocenters. The molecule has 1 amide bonds. The Morgan fingerprint density at radius 3 is 2.56 bits per heavy atom. The van der Waals surface area contributed by atoms with Gasteiger partial charge in [-0.15, -0.1) is 16.3 Å². The predicted molar refractivity (Wildman–Crippen MR) is 97.2 cm³/mol. The summed E-state index contributed by atoms with van der Waals surface area (Å²) in [5.41, 5.74) is -2.31. The van der Waals surface area contributed by atoms with Gasteiger partial charge in [0.2, 0.25) is 16.0 Å². The molecule has 12 heteroatoms. The predicted octanol–water partition coefficient (Wildman–Crippen LogP) is 1.24. The number of thiophene rings is 1. The number of amides is 1. The highest BCUT2D eigenvalue weighted by Crippen LogP contribution is 2.37. The van der Waals surface area contributed by atoms with Gasteiger partial charge in [0, 0.05) is 7.05 Å². The van der Waals surface area contributed by atoms with Gasteiger partial charge < -0.3 is 20.3 Å². The first-order chi connectivity index (χ1) is 12.1. The Hall–Kier alpha value is -1.76. The van der Waals surface area contributed by atoms with Crippen molar-refractivity contribution in [2.45, 2.75) is 45.1 Å². The van der Waals surface area contributed by atoms with E-state index in [1.54, 1.807) is 20.8 Å². The van der Waals surface area contributed by atoms with Crippen molar-refractivity contribution in [3.05, 3.63) is 21.6 Å². The number of halogens is 1. The van der Waals surface area contributed by atoms with E-state index in [0.29, 0.717) is 11.3 Å². The molecule has 152 valence electrons. The van der Waals surface area contributed by atoms with Crippen LogP contribution in [0.5, 0.6) is 0 Å². The molecule has 1 saturated heterocycles. The fraction of sp³-hybridized carbons (Fsp3) is 0.600. The van der Waals surface area contributed by atoms with Crippen molar-refractivity contribution < 1.29 is 32.6 Å². The number of aliphatic hydroxyl groups is 2. The number of guanidine groups is 1. The normalized spacial score (nSPS) is 24.2. The third-order valence-electron chi connectivity index (χ3n) is 3.63. The largest absolute Gasteiger partial charge is 0.442 e. The van der Waals surface area contributed by atoms with E-state index in [-0.39, 0.29) is 15.7 Å². The van der Waals surface area contributed by atoms with Gasteiger partial charge in [-0.2, -0.15) is 0 Å². The van der Waals surface area contributed by atoms with Crippen molar-refractivity contribution in [1.82, 2.24) is 9.62 Å². The first kappa shape index (κ1) is 21.5. The average molecular weight is 423 g/mol. The Bertz CT molecular complexity index is 875. The van der Waals surface area contributed by atoms with Crippen LogP contribution in [-0.2, 0) is 20.3 Å². The Labute approximate surface area is 160 Å². The van der Waals surface area contributed by atoms with E-state index < -0.39 is 45.1 Å². The molecule has 0 aromatic carbocycles. The highest BCUT2D eigenvalue weighted by molar-refractivity contribution is 7.89. The van der Waals surface area contributed by atoms with Crippen LogP contribution >= 0.6 is 11.3 Å². The molecular weight excluding hydrogens is 401 g/mol. The van der Waals surface area contributed by atoms with Crippen LogP contribution < -0.4 is 5.32 Å². The molecule has 1 aromatic heterocycles. The first-order valence-corrected chi connectivity index (χ1v) is 10.3. The maximum atomic E-state index is 14.4. The Morgan fingerprint density at radius 1 is 1.48 bits per heavy atom. The zero-order valence-corrected chi connectivity index (χ0v) is 17.1. The fourth-order valence-electron chi connectivity index (χ4n) is 2.44. The molecule has 9 nitrogen and oxygen atoms in total. The molecule has 0 radical (unpaired) electrons. The van der Waals surface area contributed by atoms with Crippen LogP contribution in [0.4, 0.5) is 9.18 Å². The van der Waals surface area contributed by atoms with Crippen LogP contribution in [0.3, 0.4) is 0 Å². The summed E-state index contributed by atoms with van der Waals surface area (Å²) in [4.78, 5) is 15.5. The van der Waals surface area contributed by atoms with Gasteiger partial charge in [-0.05, 0) is 33.8 Å². The smallest absolute Gasteiger partial charge is 0.437 e. The second-order valence-electron chi connectivity index (χ2n) is 7.30. The summed E-state index contributed by atoms with van der Waals surface area (Å²) in [6, 6.07) is 0.924. The minimum atomic E-state index is -3.94. The van der Waals surface area contributed by atoms with Crippen molar-refractivity contribution in [1.29, 1.82) is 0 Å². The molecule has 1 aliphatic rings. The average Bonchev–Trinajstić information content (AvgIpc) is 2.85. The van der Waals surface area contributed by atoms with E-state index in [4.69, 9.17) is 4.74 Å². The van der Waals surface area contributed by atoms with Crippen molar-refractivity contribution in [3.8, 4) is 0 Å². The molecule has 0 bridgehead atoms. The van der Waals surface area contributed by atoms with Crippen LogP contribution in [0.15, 0.2) is 11.1 Å². The summed E-state index contributed by atoms with van der Waals surface area (Å²) < 4.78 is 45.3. The van der Waals surface area contributed by atoms with Gasteiger partial charge in [-0.3, -0.25) is 0 Å². The van der Waals surface area contributed by atoms with E-state index in [2.05, 4.69) is 10.3 Å². The van der Waals surface area contributed by atoms with E-state index >= 15 is 0 Å². The van der Waals surface area contributed by atoms with Crippen LogP contribution in [0.2, 0.25) is 0 Å². The molecule has 0 aliphatic carbocycles. The van der Waals surface area contributed by atoms with Gasteiger partial charge >= 0.3 is 6.09 Å². The quantitative estimate of drug-likeness (QED) is 0.611. The molecule has 0 spiro atoms. The number of hydrogen-bond acceptors (Lipinski definition) is 7. The number of nitrogens with zero attached hydrogens (tertiary/aromatic N) is 2. The summed E-state index contributed by atoms with van der Waals surface area (Å²) in [7, 11) is -2.73. The van der Waals surface area contributed by atoms with Crippen molar-refractivity contribution >= 4 is 33.4 Å². The number of aliphatic hydroxyl groups excluding tert-OH is 1. The van der Waals surface area contributed by atoms with E-state index in [9.17, 15) is 27.8 Å². The Balaban J connectivity index is 2.47. The van der Waals surface area contributed by atoms with Crippen molar-refractivity contribution in [3.63, 3.8) is 0 Å². The molecule has 0 saturated carbocycles. The zero-order valence-electron chi connectivity index (χ0n) is 15.5. The Morgan fingerprint density at radius 2 is 2.07 bits per heavy atom. The number of sulfonamides is 1. The summed E-state index contributed by atoms with van der Waals surface area (Å²) in [6.07, 6.45) is -2.89. The third kappa shape index (κ3) is 4.75. The molecular formula is C15H22FN3O6S2. The van der Waals surface area contributed by atoms with Gasteiger partial charge in [0.15, 0.2) is 6.29 Å². The number of carbonyl (C=O) groups is 1. The minimum absolute atomic E-state index is 0.0563. The second kappa shape index (κ2) is 7.00. The van der Waals surface area contributed by atoms with E-state index in [1.807, 2.05) is 0 Å². The van der Waals surface area contributed by atoms with Crippen LogP contribution in [-0.4, -0.2) is 53.4 Å². The molecule has 1 fully saturated rings. The lowest BCUT2D eigenvalue weighted by Gasteiger charge is -2.39. The summed E-state index contributed by atoms with van der Waals surface area (Å²) in [5, 5.41) is 21.2. The molecule has 1 aliphatic heterocycles. The van der Waals surface area contributed by atoms with Gasteiger partial charge in [0.1, 0.15) is 11.4 Å². The number of hydrogen-bond donors (Lipinski definition) is 3. The number of rotatable bonds is 2. The number of ether oxygens (including phenoxy) is 1. The number of nitrogens with one attached hydrogen (secondary N) is 1. The van der Waals surface area contributed by atoms with Gasteiger partial charge in [0.05, 0.1) is 21.0 Å². The van der Waals surface area contributed by atoms with Crippen molar-refractivity contribution in [2.75, 3.05) is 12.8 Å². The minimum Gasteiger partial charge on any atom is -0.442 e. The summed E-state index contributed by atoms with van der Waals surface area (Å²) in [5.74, 6) is -1.64. The van der Waals surface area contributed by atoms with Gasteiger partial charge in [-0.25, -0.2) is 21.9 Å². The third-order valence-corrected chi connectivity index (χ3v) is 6.99. The number of aliphatic imine (C=N–C) groups is 1. The van der Waals surface area contributed by atoms with E-state index in [0.717, 1.165) is 10.4 Å². The standard InChI is InChI=1S/C15H22FN3O6S2/c1-14(2,3)25-13(22)17-12-18-15(4,7-27(23,24)19(12)5)10-8(16)6-9(26-10)11(20)21/h6,11,20-21H,7H2,1-5H3,(H,17,18,22)/t15-/m0/s1. The lowest BCUT2D eigenvalue weighted by atomic mass is 10.0. The molecule has 2 heterocycles.